The van der Waals surface area contributed by atoms with Crippen LogP contribution in [0.25, 0.3) is 0 Å². The number of likely N-dealkylation sites (tertiary alicyclic amines) is 1. The first-order valence-electron chi connectivity index (χ1n) is 7.38. The molecule has 2 rings (SSSR count). The van der Waals surface area contributed by atoms with E-state index < -0.39 is 0 Å². The van der Waals surface area contributed by atoms with E-state index in [4.69, 9.17) is 20.6 Å². The molecule has 1 heterocycles. The monoisotopic (exact) mass is 289 g/mol. The Morgan fingerprint density at radius 3 is 2.86 bits per heavy atom. The van der Waals surface area contributed by atoms with Crippen LogP contribution in [0.15, 0.2) is 36.6 Å². The van der Waals surface area contributed by atoms with Crippen LogP contribution in [0.2, 0.25) is 0 Å². The summed E-state index contributed by atoms with van der Waals surface area (Å²) in [6.07, 6.45) is 6.85. The average Bonchev–Trinajstić information content (AvgIpc) is 2.49. The number of nitrogens with one attached hydrogen (secondary N) is 1. The van der Waals surface area contributed by atoms with Gasteiger partial charge < -0.3 is 20.1 Å². The second-order valence-corrected chi connectivity index (χ2v) is 4.97. The molecule has 0 aromatic heterocycles. The SMILES string of the molecule is CCOc1ccccc1OC=CC1CCCCN1C(=N)N. The zero-order chi connectivity index (χ0) is 15.1. The molecule has 1 atom stereocenters. The van der Waals surface area contributed by atoms with E-state index in [2.05, 4.69) is 0 Å². The molecule has 1 aromatic carbocycles. The molecular formula is C16H23N3O2. The maximum atomic E-state index is 7.62. The van der Waals surface area contributed by atoms with Crippen molar-refractivity contribution >= 4 is 5.96 Å². The topological polar surface area (TPSA) is 71.6 Å². The molecule has 1 aliphatic heterocycles. The second kappa shape index (κ2) is 7.57. The van der Waals surface area contributed by atoms with Crippen molar-refractivity contribution in [2.75, 3.05) is 13.2 Å². The minimum atomic E-state index is 0.124. The third-order valence-electron chi connectivity index (χ3n) is 3.50. The number of rotatable bonds is 5. The predicted molar refractivity (Wildman–Crippen MR) is 83.6 cm³/mol. The summed E-state index contributed by atoms with van der Waals surface area (Å²) in [7, 11) is 0. The largest absolute Gasteiger partial charge is 0.490 e. The molecule has 114 valence electrons. The highest BCUT2D eigenvalue weighted by molar-refractivity contribution is 5.75. The smallest absolute Gasteiger partial charge is 0.188 e. The van der Waals surface area contributed by atoms with Gasteiger partial charge in [0.2, 0.25) is 0 Å². The zero-order valence-corrected chi connectivity index (χ0v) is 12.4. The number of para-hydroxylation sites is 2. The molecule has 5 heteroatoms. The first kappa shape index (κ1) is 15.2. The van der Waals surface area contributed by atoms with Gasteiger partial charge in [0.25, 0.3) is 0 Å². The van der Waals surface area contributed by atoms with Crippen molar-refractivity contribution < 1.29 is 9.47 Å². The summed E-state index contributed by atoms with van der Waals surface area (Å²) in [6, 6.07) is 7.72. The number of hydrogen-bond acceptors (Lipinski definition) is 3. The van der Waals surface area contributed by atoms with Crippen LogP contribution >= 0.6 is 0 Å². The highest BCUT2D eigenvalue weighted by Crippen LogP contribution is 2.26. The predicted octanol–water partition coefficient (Wildman–Crippen LogP) is 2.73. The molecule has 0 saturated carbocycles. The van der Waals surface area contributed by atoms with Crippen molar-refractivity contribution in [3.63, 3.8) is 0 Å². The third-order valence-corrected chi connectivity index (χ3v) is 3.50. The fourth-order valence-electron chi connectivity index (χ4n) is 2.48. The lowest BCUT2D eigenvalue weighted by molar-refractivity contribution is 0.274. The quantitative estimate of drug-likeness (QED) is 0.496. The van der Waals surface area contributed by atoms with E-state index in [9.17, 15) is 0 Å². The molecule has 0 amide bonds. The number of nitrogens with two attached hydrogens (primary N) is 1. The van der Waals surface area contributed by atoms with Crippen molar-refractivity contribution in [2.24, 2.45) is 5.73 Å². The summed E-state index contributed by atoms with van der Waals surface area (Å²) in [4.78, 5) is 1.90. The van der Waals surface area contributed by atoms with E-state index in [-0.39, 0.29) is 12.0 Å². The van der Waals surface area contributed by atoms with Crippen LogP contribution in [-0.2, 0) is 0 Å². The lowest BCUT2D eigenvalue weighted by Crippen LogP contribution is -2.46. The van der Waals surface area contributed by atoms with Crippen LogP contribution in [0, 0.1) is 5.41 Å². The summed E-state index contributed by atoms with van der Waals surface area (Å²) in [5.41, 5.74) is 5.62. The van der Waals surface area contributed by atoms with Gasteiger partial charge in [-0.05, 0) is 44.4 Å². The van der Waals surface area contributed by atoms with Crippen molar-refractivity contribution in [3.8, 4) is 11.5 Å². The molecule has 0 radical (unpaired) electrons. The van der Waals surface area contributed by atoms with Gasteiger partial charge in [0.05, 0.1) is 18.9 Å². The molecule has 0 bridgehead atoms. The van der Waals surface area contributed by atoms with Gasteiger partial charge in [-0.2, -0.15) is 0 Å². The van der Waals surface area contributed by atoms with Crippen LogP contribution < -0.4 is 15.2 Å². The Kier molecular flexibility index (Phi) is 5.49. The van der Waals surface area contributed by atoms with E-state index in [0.717, 1.165) is 31.6 Å². The number of nitrogens with zero attached hydrogens (tertiary/aromatic N) is 1. The fraction of sp³-hybridized carbons (Fsp3) is 0.438. The minimum absolute atomic E-state index is 0.124. The van der Waals surface area contributed by atoms with E-state index >= 15 is 0 Å². The highest BCUT2D eigenvalue weighted by Gasteiger charge is 2.20. The number of benzene rings is 1. The standard InChI is InChI=1S/C16H23N3O2/c1-2-20-14-8-3-4-9-15(14)21-12-10-13-7-5-6-11-19(13)16(17)18/h3-4,8-10,12-13H,2,5-7,11H2,1H3,(H3,17,18). The summed E-state index contributed by atoms with van der Waals surface area (Å²) in [5.74, 6) is 1.55. The molecule has 1 saturated heterocycles. The highest BCUT2D eigenvalue weighted by atomic mass is 16.5. The molecule has 0 spiro atoms. The molecule has 1 aliphatic rings. The zero-order valence-electron chi connectivity index (χ0n) is 12.4. The number of ether oxygens (including phenoxy) is 2. The Balaban J connectivity index is 1.99. The van der Waals surface area contributed by atoms with E-state index in [1.165, 1.54) is 0 Å². The summed E-state index contributed by atoms with van der Waals surface area (Å²) in [6.45, 7) is 3.38. The van der Waals surface area contributed by atoms with E-state index in [0.29, 0.717) is 12.4 Å². The lowest BCUT2D eigenvalue weighted by Gasteiger charge is -2.33. The third kappa shape index (κ3) is 4.15. The Labute approximate surface area is 125 Å². The van der Waals surface area contributed by atoms with Crippen molar-refractivity contribution in [1.29, 1.82) is 5.41 Å². The first-order chi connectivity index (χ1) is 10.2. The Hall–Kier alpha value is -2.17. The van der Waals surface area contributed by atoms with Crippen LogP contribution in [0.5, 0.6) is 11.5 Å². The minimum Gasteiger partial charge on any atom is -0.490 e. The molecule has 3 N–H and O–H groups in total. The fourth-order valence-corrected chi connectivity index (χ4v) is 2.48. The van der Waals surface area contributed by atoms with Crippen LogP contribution in [0.1, 0.15) is 26.2 Å². The Bertz CT molecular complexity index is 502. The van der Waals surface area contributed by atoms with Gasteiger partial charge in [-0.3, -0.25) is 5.41 Å². The van der Waals surface area contributed by atoms with Crippen LogP contribution in [0.3, 0.4) is 0 Å². The molecule has 1 aromatic rings. The molecular weight excluding hydrogens is 266 g/mol. The van der Waals surface area contributed by atoms with Gasteiger partial charge in [-0.1, -0.05) is 12.1 Å². The maximum absolute atomic E-state index is 7.62. The molecule has 1 fully saturated rings. The Morgan fingerprint density at radius 1 is 1.38 bits per heavy atom. The van der Waals surface area contributed by atoms with Crippen molar-refractivity contribution in [3.05, 3.63) is 36.6 Å². The molecule has 5 nitrogen and oxygen atoms in total. The summed E-state index contributed by atoms with van der Waals surface area (Å²) < 4.78 is 11.2. The average molecular weight is 289 g/mol. The van der Waals surface area contributed by atoms with Gasteiger partial charge in [-0.15, -0.1) is 0 Å². The lowest BCUT2D eigenvalue weighted by atomic mass is 10.0. The van der Waals surface area contributed by atoms with Crippen molar-refractivity contribution in [2.45, 2.75) is 32.2 Å². The van der Waals surface area contributed by atoms with Gasteiger partial charge in [0.1, 0.15) is 0 Å². The van der Waals surface area contributed by atoms with Crippen LogP contribution in [0.4, 0.5) is 0 Å². The number of piperidine rings is 1. The van der Waals surface area contributed by atoms with Gasteiger partial charge in [0.15, 0.2) is 17.5 Å². The second-order valence-electron chi connectivity index (χ2n) is 4.97. The number of hydrogen-bond donors (Lipinski definition) is 2. The normalized spacial score (nSPS) is 18.7. The molecule has 21 heavy (non-hydrogen) atoms. The van der Waals surface area contributed by atoms with Crippen molar-refractivity contribution in [1.82, 2.24) is 4.90 Å². The summed E-state index contributed by atoms with van der Waals surface area (Å²) >= 11 is 0. The maximum Gasteiger partial charge on any atom is 0.188 e. The summed E-state index contributed by atoms with van der Waals surface area (Å²) in [5, 5.41) is 7.62. The molecule has 1 unspecified atom stereocenters. The van der Waals surface area contributed by atoms with Crippen LogP contribution in [-0.4, -0.2) is 30.1 Å². The van der Waals surface area contributed by atoms with Gasteiger partial charge >= 0.3 is 0 Å². The Morgan fingerprint density at radius 2 is 2.14 bits per heavy atom. The van der Waals surface area contributed by atoms with E-state index in [1.807, 2.05) is 42.2 Å². The van der Waals surface area contributed by atoms with E-state index in [1.54, 1.807) is 6.26 Å². The van der Waals surface area contributed by atoms with Gasteiger partial charge in [0, 0.05) is 6.54 Å². The molecule has 0 aliphatic carbocycles. The van der Waals surface area contributed by atoms with Gasteiger partial charge in [-0.25, -0.2) is 0 Å². The number of guanidine groups is 1. The first-order valence-corrected chi connectivity index (χ1v) is 7.38.